The van der Waals surface area contributed by atoms with Gasteiger partial charge in [-0.1, -0.05) is 6.07 Å². The van der Waals surface area contributed by atoms with Gasteiger partial charge in [-0.2, -0.15) is 0 Å². The zero-order valence-electron chi connectivity index (χ0n) is 14.2. The predicted octanol–water partition coefficient (Wildman–Crippen LogP) is 2.21. The van der Waals surface area contributed by atoms with Crippen LogP contribution < -0.4 is 10.6 Å². The van der Waals surface area contributed by atoms with Crippen molar-refractivity contribution in [3.05, 3.63) is 35.4 Å². The molecule has 2 amide bonds. The second kappa shape index (κ2) is 7.99. The fourth-order valence-corrected chi connectivity index (χ4v) is 3.60. The van der Waals surface area contributed by atoms with Crippen molar-refractivity contribution < 1.29 is 9.59 Å². The van der Waals surface area contributed by atoms with Crippen LogP contribution in [0.3, 0.4) is 0 Å². The molecule has 2 bridgehead atoms. The quantitative estimate of drug-likeness (QED) is 0.874. The molecule has 2 unspecified atom stereocenters. The van der Waals surface area contributed by atoms with Gasteiger partial charge in [0.05, 0.1) is 0 Å². The standard InChI is InChI=1S/C18H25N3O2.ClH/c1-3-21(2)18(23)13-6-4-5-12(9-13)17(22)20-16-10-14-7-8-15(11-16)19-14;/h4-6,9,14-16,19H,3,7-8,10-11H2,1-2H3,(H,20,22);1H. The number of halogens is 1. The molecule has 0 spiro atoms. The van der Waals surface area contributed by atoms with Gasteiger partial charge in [-0.25, -0.2) is 0 Å². The molecule has 1 aromatic carbocycles. The summed E-state index contributed by atoms with van der Waals surface area (Å²) in [7, 11) is 1.76. The number of piperidine rings is 1. The van der Waals surface area contributed by atoms with E-state index in [1.807, 2.05) is 6.92 Å². The van der Waals surface area contributed by atoms with E-state index in [4.69, 9.17) is 0 Å². The zero-order chi connectivity index (χ0) is 16.4. The molecule has 2 aliphatic heterocycles. The summed E-state index contributed by atoms with van der Waals surface area (Å²) in [6.07, 6.45) is 4.42. The first kappa shape index (κ1) is 18.7. The van der Waals surface area contributed by atoms with Crippen LogP contribution in [0.5, 0.6) is 0 Å². The van der Waals surface area contributed by atoms with Gasteiger partial charge in [0.2, 0.25) is 0 Å². The Kier molecular flexibility index (Phi) is 6.24. The SMILES string of the molecule is CCN(C)C(=O)c1cccc(C(=O)NC2CC3CCC(C2)N3)c1.Cl. The maximum absolute atomic E-state index is 12.5. The summed E-state index contributed by atoms with van der Waals surface area (Å²) in [5.74, 6) is -0.132. The lowest BCUT2D eigenvalue weighted by Gasteiger charge is -2.29. The Labute approximate surface area is 149 Å². The number of carbonyl (C=O) groups is 2. The summed E-state index contributed by atoms with van der Waals surface area (Å²) >= 11 is 0. The summed E-state index contributed by atoms with van der Waals surface area (Å²) in [5, 5.41) is 6.72. The number of fused-ring (bicyclic) bond motifs is 2. The van der Waals surface area contributed by atoms with Crippen LogP contribution in [0.1, 0.15) is 53.3 Å². The largest absolute Gasteiger partial charge is 0.349 e. The van der Waals surface area contributed by atoms with Gasteiger partial charge in [0.25, 0.3) is 11.8 Å². The van der Waals surface area contributed by atoms with E-state index in [1.54, 1.807) is 36.2 Å². The highest BCUT2D eigenvalue weighted by atomic mass is 35.5. The normalized spacial score (nSPS) is 24.8. The molecular formula is C18H26ClN3O2. The van der Waals surface area contributed by atoms with Gasteiger partial charge in [-0.15, -0.1) is 12.4 Å². The molecule has 2 fully saturated rings. The molecule has 2 saturated heterocycles. The van der Waals surface area contributed by atoms with Gasteiger partial charge in [-0.05, 0) is 50.8 Å². The number of hydrogen-bond acceptors (Lipinski definition) is 3. The van der Waals surface area contributed by atoms with E-state index in [0.29, 0.717) is 29.8 Å². The molecule has 0 radical (unpaired) electrons. The molecule has 2 atom stereocenters. The maximum atomic E-state index is 12.5. The van der Waals surface area contributed by atoms with E-state index in [1.165, 1.54) is 12.8 Å². The van der Waals surface area contributed by atoms with Crippen LogP contribution in [0.15, 0.2) is 24.3 Å². The molecule has 24 heavy (non-hydrogen) atoms. The summed E-state index contributed by atoms with van der Waals surface area (Å²) in [4.78, 5) is 26.4. The lowest BCUT2D eigenvalue weighted by atomic mass is 9.99. The van der Waals surface area contributed by atoms with E-state index in [-0.39, 0.29) is 30.3 Å². The Balaban J connectivity index is 0.00000208. The van der Waals surface area contributed by atoms with Gasteiger partial charge in [0.1, 0.15) is 0 Å². The third-order valence-electron chi connectivity index (χ3n) is 5.00. The van der Waals surface area contributed by atoms with Crippen molar-refractivity contribution in [3.63, 3.8) is 0 Å². The molecule has 2 N–H and O–H groups in total. The zero-order valence-corrected chi connectivity index (χ0v) is 15.1. The second-order valence-corrected chi connectivity index (χ2v) is 6.68. The van der Waals surface area contributed by atoms with Gasteiger partial charge >= 0.3 is 0 Å². The fraction of sp³-hybridized carbons (Fsp3) is 0.556. The minimum Gasteiger partial charge on any atom is -0.349 e. The smallest absolute Gasteiger partial charge is 0.253 e. The van der Waals surface area contributed by atoms with Gasteiger partial charge in [0.15, 0.2) is 0 Å². The summed E-state index contributed by atoms with van der Waals surface area (Å²) < 4.78 is 0. The first-order valence-corrected chi connectivity index (χ1v) is 8.49. The molecular weight excluding hydrogens is 326 g/mol. The maximum Gasteiger partial charge on any atom is 0.253 e. The van der Waals surface area contributed by atoms with Crippen molar-refractivity contribution in [3.8, 4) is 0 Å². The van der Waals surface area contributed by atoms with E-state index < -0.39 is 0 Å². The van der Waals surface area contributed by atoms with E-state index in [2.05, 4.69) is 10.6 Å². The minimum absolute atomic E-state index is 0. The number of hydrogen-bond donors (Lipinski definition) is 2. The number of rotatable bonds is 4. The molecule has 5 nitrogen and oxygen atoms in total. The summed E-state index contributed by atoms with van der Waals surface area (Å²) in [5.41, 5.74) is 1.12. The van der Waals surface area contributed by atoms with Gasteiger partial charge in [-0.3, -0.25) is 9.59 Å². The highest BCUT2D eigenvalue weighted by Gasteiger charge is 2.34. The van der Waals surface area contributed by atoms with Crippen LogP contribution in [0.2, 0.25) is 0 Å². The lowest BCUT2D eigenvalue weighted by molar-refractivity contribution is 0.0802. The van der Waals surface area contributed by atoms with Crippen LogP contribution in [0.25, 0.3) is 0 Å². The highest BCUT2D eigenvalue weighted by molar-refractivity contribution is 5.99. The third-order valence-corrected chi connectivity index (χ3v) is 5.00. The van der Waals surface area contributed by atoms with Crippen LogP contribution in [-0.2, 0) is 0 Å². The molecule has 2 aliphatic rings. The number of nitrogens with one attached hydrogen (secondary N) is 2. The second-order valence-electron chi connectivity index (χ2n) is 6.68. The van der Waals surface area contributed by atoms with Crippen LogP contribution in [-0.4, -0.2) is 48.4 Å². The van der Waals surface area contributed by atoms with Crippen molar-refractivity contribution in [2.75, 3.05) is 13.6 Å². The average molecular weight is 352 g/mol. The highest BCUT2D eigenvalue weighted by Crippen LogP contribution is 2.26. The number of carbonyl (C=O) groups excluding carboxylic acids is 2. The molecule has 2 heterocycles. The fourth-order valence-electron chi connectivity index (χ4n) is 3.60. The molecule has 132 valence electrons. The molecule has 0 aliphatic carbocycles. The van der Waals surface area contributed by atoms with Gasteiger partial charge < -0.3 is 15.5 Å². The van der Waals surface area contributed by atoms with Crippen LogP contribution >= 0.6 is 12.4 Å². The molecule has 0 saturated carbocycles. The van der Waals surface area contributed by atoms with Crippen LogP contribution in [0, 0.1) is 0 Å². The Morgan fingerprint density at radius 2 is 1.83 bits per heavy atom. The lowest BCUT2D eigenvalue weighted by Crippen LogP contribution is -2.48. The number of nitrogens with zero attached hydrogens (tertiary/aromatic N) is 1. The topological polar surface area (TPSA) is 61.4 Å². The van der Waals surface area contributed by atoms with E-state index >= 15 is 0 Å². The molecule has 1 aromatic rings. The third kappa shape index (κ3) is 4.08. The Morgan fingerprint density at radius 3 is 2.46 bits per heavy atom. The minimum atomic E-state index is -0.0786. The van der Waals surface area contributed by atoms with E-state index in [9.17, 15) is 9.59 Å². The first-order chi connectivity index (χ1) is 11.1. The summed E-state index contributed by atoms with van der Waals surface area (Å²) in [6.45, 7) is 2.58. The Hall–Kier alpha value is -1.59. The Bertz CT molecular complexity index is 596. The van der Waals surface area contributed by atoms with Crippen LogP contribution in [0.4, 0.5) is 0 Å². The molecule has 6 heteroatoms. The number of benzene rings is 1. The predicted molar refractivity (Wildman–Crippen MR) is 96.8 cm³/mol. The average Bonchev–Trinajstić information content (AvgIpc) is 2.92. The van der Waals surface area contributed by atoms with Crippen molar-refractivity contribution in [2.24, 2.45) is 0 Å². The van der Waals surface area contributed by atoms with Gasteiger partial charge in [0, 0.05) is 42.8 Å². The summed E-state index contributed by atoms with van der Waals surface area (Å²) in [6, 6.07) is 8.33. The molecule has 3 rings (SSSR count). The van der Waals surface area contributed by atoms with E-state index in [0.717, 1.165) is 12.8 Å². The monoisotopic (exact) mass is 351 g/mol. The Morgan fingerprint density at radius 1 is 1.21 bits per heavy atom. The van der Waals surface area contributed by atoms with Crippen molar-refractivity contribution in [2.45, 2.75) is 50.7 Å². The van der Waals surface area contributed by atoms with Crippen molar-refractivity contribution in [1.29, 1.82) is 0 Å². The van der Waals surface area contributed by atoms with Crippen molar-refractivity contribution in [1.82, 2.24) is 15.5 Å². The first-order valence-electron chi connectivity index (χ1n) is 8.49. The number of amides is 2. The molecule has 0 aromatic heterocycles. The van der Waals surface area contributed by atoms with Crippen molar-refractivity contribution >= 4 is 24.2 Å².